The van der Waals surface area contributed by atoms with E-state index in [2.05, 4.69) is 71.0 Å². The van der Waals surface area contributed by atoms with Gasteiger partial charge in [0, 0.05) is 23.4 Å². The highest BCUT2D eigenvalue weighted by molar-refractivity contribution is 9.10. The van der Waals surface area contributed by atoms with E-state index in [4.69, 9.17) is 0 Å². The van der Waals surface area contributed by atoms with Gasteiger partial charge in [-0.2, -0.15) is 0 Å². The molecule has 2 rings (SSSR count). The lowest BCUT2D eigenvalue weighted by atomic mass is 10.1. The van der Waals surface area contributed by atoms with Crippen LogP contribution in [0.1, 0.15) is 5.56 Å². The second-order valence-corrected chi connectivity index (χ2v) is 4.44. The summed E-state index contributed by atoms with van der Waals surface area (Å²) in [5.74, 6) is 0. The summed E-state index contributed by atoms with van der Waals surface area (Å²) in [6, 6.07) is 10.7. The lowest BCUT2D eigenvalue weighted by Crippen LogP contribution is -1.88. The molecule has 1 heterocycles. The van der Waals surface area contributed by atoms with E-state index in [0.29, 0.717) is 0 Å². The first-order chi connectivity index (χ1) is 6.66. The van der Waals surface area contributed by atoms with Gasteiger partial charge in [0.15, 0.2) is 0 Å². The van der Waals surface area contributed by atoms with E-state index < -0.39 is 0 Å². The fourth-order valence-corrected chi connectivity index (χ4v) is 2.06. The number of rotatable bonds is 1. The number of hydrogen-bond acceptors (Lipinski definition) is 0. The van der Waals surface area contributed by atoms with Gasteiger partial charge in [0.2, 0.25) is 0 Å². The van der Waals surface area contributed by atoms with Crippen molar-refractivity contribution in [2.24, 2.45) is 7.05 Å². The summed E-state index contributed by atoms with van der Waals surface area (Å²) in [6.07, 6.45) is 2.06. The standard InChI is InChI=1S/C12H12BrN/c1-9-3-5-10(6-4-9)12-7-11(13)8-14(12)2/h3-8H,1-2H3. The Morgan fingerprint density at radius 1 is 1.14 bits per heavy atom. The molecule has 0 amide bonds. The average molecular weight is 250 g/mol. The van der Waals surface area contributed by atoms with E-state index >= 15 is 0 Å². The van der Waals surface area contributed by atoms with Gasteiger partial charge in [-0.15, -0.1) is 0 Å². The molecule has 2 heteroatoms. The lowest BCUT2D eigenvalue weighted by Gasteiger charge is -2.03. The largest absolute Gasteiger partial charge is 0.349 e. The Balaban J connectivity index is 2.49. The molecule has 0 radical (unpaired) electrons. The molecule has 0 unspecified atom stereocenters. The molecule has 2 aromatic rings. The van der Waals surface area contributed by atoms with E-state index in [-0.39, 0.29) is 0 Å². The zero-order valence-corrected chi connectivity index (χ0v) is 9.88. The first-order valence-corrected chi connectivity index (χ1v) is 5.35. The Morgan fingerprint density at radius 2 is 1.79 bits per heavy atom. The van der Waals surface area contributed by atoms with Gasteiger partial charge < -0.3 is 4.57 Å². The number of benzene rings is 1. The van der Waals surface area contributed by atoms with Gasteiger partial charge >= 0.3 is 0 Å². The summed E-state index contributed by atoms with van der Waals surface area (Å²) < 4.78 is 3.24. The van der Waals surface area contributed by atoms with Crippen molar-refractivity contribution in [2.45, 2.75) is 6.92 Å². The molecule has 0 fully saturated rings. The summed E-state index contributed by atoms with van der Waals surface area (Å²) >= 11 is 3.47. The van der Waals surface area contributed by atoms with E-state index in [1.54, 1.807) is 0 Å². The van der Waals surface area contributed by atoms with Gasteiger partial charge in [-0.05, 0) is 34.5 Å². The minimum atomic E-state index is 1.12. The molecular weight excluding hydrogens is 238 g/mol. The molecule has 0 saturated heterocycles. The fraction of sp³-hybridized carbons (Fsp3) is 0.167. The summed E-state index contributed by atoms with van der Waals surface area (Å²) in [7, 11) is 2.06. The first-order valence-electron chi connectivity index (χ1n) is 4.56. The summed E-state index contributed by atoms with van der Waals surface area (Å²) in [4.78, 5) is 0. The molecule has 0 bridgehead atoms. The molecule has 1 nitrogen and oxygen atoms in total. The van der Waals surface area contributed by atoms with Gasteiger partial charge in [0.1, 0.15) is 0 Å². The number of hydrogen-bond donors (Lipinski definition) is 0. The fourth-order valence-electron chi connectivity index (χ4n) is 1.54. The Hall–Kier alpha value is -1.02. The van der Waals surface area contributed by atoms with Crippen LogP contribution in [0, 0.1) is 6.92 Å². The second kappa shape index (κ2) is 3.62. The number of halogens is 1. The topological polar surface area (TPSA) is 4.93 Å². The van der Waals surface area contributed by atoms with Crippen LogP contribution in [0.3, 0.4) is 0 Å². The molecule has 0 aliphatic heterocycles. The molecule has 1 aromatic carbocycles. The smallest absolute Gasteiger partial charge is 0.0489 e. The molecule has 1 aromatic heterocycles. The van der Waals surface area contributed by atoms with Gasteiger partial charge in [-0.3, -0.25) is 0 Å². The highest BCUT2D eigenvalue weighted by Crippen LogP contribution is 2.24. The molecule has 0 aliphatic rings. The van der Waals surface area contributed by atoms with Crippen LogP contribution in [-0.4, -0.2) is 4.57 Å². The van der Waals surface area contributed by atoms with Crippen LogP contribution in [0.2, 0.25) is 0 Å². The molecule has 72 valence electrons. The van der Waals surface area contributed by atoms with Crippen LogP contribution in [0.25, 0.3) is 11.3 Å². The van der Waals surface area contributed by atoms with Crippen LogP contribution >= 0.6 is 15.9 Å². The lowest BCUT2D eigenvalue weighted by molar-refractivity contribution is 0.935. The van der Waals surface area contributed by atoms with E-state index in [0.717, 1.165) is 4.47 Å². The number of aryl methyl sites for hydroxylation is 2. The third-order valence-corrected chi connectivity index (χ3v) is 2.75. The van der Waals surface area contributed by atoms with Crippen LogP contribution in [0.5, 0.6) is 0 Å². The molecule has 0 N–H and O–H groups in total. The van der Waals surface area contributed by atoms with Gasteiger partial charge in [0.05, 0.1) is 0 Å². The SMILES string of the molecule is Cc1ccc(-c2cc(Br)cn2C)cc1. The molecule has 0 spiro atoms. The Labute approximate surface area is 92.5 Å². The quantitative estimate of drug-likeness (QED) is 0.726. The van der Waals surface area contributed by atoms with Crippen molar-refractivity contribution in [2.75, 3.05) is 0 Å². The maximum absolute atomic E-state index is 3.47. The Bertz CT molecular complexity index is 440. The second-order valence-electron chi connectivity index (χ2n) is 3.52. The highest BCUT2D eigenvalue weighted by atomic mass is 79.9. The minimum Gasteiger partial charge on any atom is -0.349 e. The van der Waals surface area contributed by atoms with E-state index in [1.165, 1.54) is 16.8 Å². The van der Waals surface area contributed by atoms with Crippen LogP contribution in [0.4, 0.5) is 0 Å². The van der Waals surface area contributed by atoms with Crippen molar-refractivity contribution in [3.63, 3.8) is 0 Å². The monoisotopic (exact) mass is 249 g/mol. The average Bonchev–Trinajstić information content (AvgIpc) is 2.47. The third-order valence-electron chi connectivity index (χ3n) is 2.32. The third kappa shape index (κ3) is 1.75. The van der Waals surface area contributed by atoms with Crippen molar-refractivity contribution in [1.82, 2.24) is 4.57 Å². The minimum absolute atomic E-state index is 1.12. The Kier molecular flexibility index (Phi) is 2.46. The molecular formula is C12H12BrN. The molecule has 0 atom stereocenters. The maximum Gasteiger partial charge on any atom is 0.0489 e. The maximum atomic E-state index is 3.47. The van der Waals surface area contributed by atoms with Crippen LogP contribution in [-0.2, 0) is 7.05 Å². The first kappa shape index (κ1) is 9.53. The summed E-state index contributed by atoms with van der Waals surface area (Å²) in [6.45, 7) is 2.10. The normalized spacial score (nSPS) is 10.5. The van der Waals surface area contributed by atoms with Gasteiger partial charge in [-0.1, -0.05) is 29.8 Å². The number of nitrogens with zero attached hydrogens (tertiary/aromatic N) is 1. The van der Waals surface area contributed by atoms with E-state index in [1.807, 2.05) is 0 Å². The van der Waals surface area contributed by atoms with Gasteiger partial charge in [0.25, 0.3) is 0 Å². The van der Waals surface area contributed by atoms with Crippen molar-refractivity contribution < 1.29 is 0 Å². The zero-order valence-electron chi connectivity index (χ0n) is 8.29. The zero-order chi connectivity index (χ0) is 10.1. The molecule has 14 heavy (non-hydrogen) atoms. The van der Waals surface area contributed by atoms with Crippen molar-refractivity contribution in [1.29, 1.82) is 0 Å². The van der Waals surface area contributed by atoms with Crippen molar-refractivity contribution in [3.8, 4) is 11.3 Å². The predicted octanol–water partition coefficient (Wildman–Crippen LogP) is 3.76. The summed E-state index contributed by atoms with van der Waals surface area (Å²) in [5, 5.41) is 0. The summed E-state index contributed by atoms with van der Waals surface area (Å²) in [5.41, 5.74) is 3.78. The van der Waals surface area contributed by atoms with Crippen molar-refractivity contribution >= 4 is 15.9 Å². The van der Waals surface area contributed by atoms with E-state index in [9.17, 15) is 0 Å². The highest BCUT2D eigenvalue weighted by Gasteiger charge is 2.02. The molecule has 0 saturated carbocycles. The Morgan fingerprint density at radius 3 is 2.29 bits per heavy atom. The predicted molar refractivity (Wildman–Crippen MR) is 63.3 cm³/mol. The van der Waals surface area contributed by atoms with Crippen molar-refractivity contribution in [3.05, 3.63) is 46.6 Å². The number of aromatic nitrogens is 1. The van der Waals surface area contributed by atoms with Crippen LogP contribution in [0.15, 0.2) is 41.0 Å². The van der Waals surface area contributed by atoms with Crippen LogP contribution < -0.4 is 0 Å². The van der Waals surface area contributed by atoms with Gasteiger partial charge in [-0.25, -0.2) is 0 Å². The molecule has 0 aliphatic carbocycles.